The van der Waals surface area contributed by atoms with Crippen LogP contribution in [0.25, 0.3) is 0 Å². The summed E-state index contributed by atoms with van der Waals surface area (Å²) < 4.78 is 62.0. The first-order valence-electron chi connectivity index (χ1n) is 4.36. The van der Waals surface area contributed by atoms with Crippen LogP contribution in [-0.2, 0) is 10.1 Å². The molecule has 0 spiro atoms. The molecule has 0 bridgehead atoms. The topological polar surface area (TPSA) is 60.4 Å². The molecule has 0 radical (unpaired) electrons. The fourth-order valence-corrected chi connectivity index (χ4v) is 1.78. The van der Waals surface area contributed by atoms with Crippen molar-refractivity contribution in [3.05, 3.63) is 28.8 Å². The van der Waals surface area contributed by atoms with Crippen molar-refractivity contribution in [3.63, 3.8) is 0 Å². The van der Waals surface area contributed by atoms with Crippen LogP contribution < -0.4 is 4.18 Å². The number of Topliss-reactive ketones (excluding diaryl/α,β-unsaturated/α-hetero) is 1. The van der Waals surface area contributed by atoms with Crippen LogP contribution in [0.2, 0.25) is 5.02 Å². The molecule has 18 heavy (non-hydrogen) atoms. The first kappa shape index (κ1) is 14.8. The van der Waals surface area contributed by atoms with Gasteiger partial charge in [0, 0.05) is 0 Å². The van der Waals surface area contributed by atoms with Crippen LogP contribution in [0.5, 0.6) is 5.75 Å². The molecule has 4 nitrogen and oxygen atoms in total. The Morgan fingerprint density at radius 1 is 1.33 bits per heavy atom. The van der Waals surface area contributed by atoms with Gasteiger partial charge in [0.05, 0.1) is 10.6 Å². The molecule has 0 aliphatic heterocycles. The van der Waals surface area contributed by atoms with E-state index in [1.165, 1.54) is 6.07 Å². The predicted molar refractivity (Wildman–Crippen MR) is 57.1 cm³/mol. The molecule has 0 amide bonds. The van der Waals surface area contributed by atoms with Crippen molar-refractivity contribution in [2.24, 2.45) is 0 Å². The average Bonchev–Trinajstić information content (AvgIpc) is 2.18. The highest BCUT2D eigenvalue weighted by Crippen LogP contribution is 2.34. The zero-order valence-electron chi connectivity index (χ0n) is 8.79. The number of hydrogen-bond donors (Lipinski definition) is 0. The maximum Gasteiger partial charge on any atom is 0.534 e. The van der Waals surface area contributed by atoms with E-state index < -0.39 is 32.2 Å². The SMILES string of the molecule is CC(=O)c1cccc(Cl)c1OS(=O)(=O)C(F)(F)F. The number of carbonyl (C=O) groups excluding carboxylic acids is 1. The van der Waals surface area contributed by atoms with E-state index in [2.05, 4.69) is 4.18 Å². The van der Waals surface area contributed by atoms with Crippen LogP contribution in [-0.4, -0.2) is 19.7 Å². The smallest absolute Gasteiger partial charge is 0.374 e. The number of benzene rings is 1. The highest BCUT2D eigenvalue weighted by molar-refractivity contribution is 7.88. The predicted octanol–water partition coefficient (Wildman–Crippen LogP) is 2.77. The Labute approximate surface area is 105 Å². The van der Waals surface area contributed by atoms with Gasteiger partial charge >= 0.3 is 15.6 Å². The summed E-state index contributed by atoms with van der Waals surface area (Å²) in [7, 11) is -5.87. The minimum Gasteiger partial charge on any atom is -0.374 e. The molecule has 0 N–H and O–H groups in total. The Kier molecular flexibility index (Phi) is 3.92. The van der Waals surface area contributed by atoms with E-state index in [0.29, 0.717) is 0 Å². The summed E-state index contributed by atoms with van der Waals surface area (Å²) in [5.74, 6) is -1.51. The third kappa shape index (κ3) is 2.94. The summed E-state index contributed by atoms with van der Waals surface area (Å²) in [6.07, 6.45) is 0. The molecule has 0 fully saturated rings. The molecule has 0 saturated heterocycles. The molecular weight excluding hydrogens is 297 g/mol. The number of hydrogen-bond acceptors (Lipinski definition) is 4. The molecule has 9 heteroatoms. The normalized spacial score (nSPS) is 12.3. The van der Waals surface area contributed by atoms with E-state index in [-0.39, 0.29) is 5.56 Å². The highest BCUT2D eigenvalue weighted by Gasteiger charge is 2.49. The molecule has 1 aromatic rings. The van der Waals surface area contributed by atoms with Gasteiger partial charge in [-0.1, -0.05) is 17.7 Å². The van der Waals surface area contributed by atoms with Crippen LogP contribution in [0, 0.1) is 0 Å². The Morgan fingerprint density at radius 3 is 2.33 bits per heavy atom. The number of halogens is 4. The number of rotatable bonds is 3. The molecule has 0 unspecified atom stereocenters. The highest BCUT2D eigenvalue weighted by atomic mass is 35.5. The van der Waals surface area contributed by atoms with Crippen molar-refractivity contribution < 1.29 is 30.6 Å². The number of carbonyl (C=O) groups is 1. The maximum absolute atomic E-state index is 12.1. The fourth-order valence-electron chi connectivity index (χ4n) is 1.03. The molecule has 1 aromatic carbocycles. The molecule has 0 aromatic heterocycles. The maximum atomic E-state index is 12.1. The molecule has 0 saturated carbocycles. The molecule has 0 aliphatic rings. The summed E-state index contributed by atoms with van der Waals surface area (Å²) >= 11 is 5.52. The van der Waals surface area contributed by atoms with Crippen LogP contribution in [0.1, 0.15) is 17.3 Å². The van der Waals surface area contributed by atoms with E-state index >= 15 is 0 Å². The van der Waals surface area contributed by atoms with Crippen molar-refractivity contribution in [2.45, 2.75) is 12.4 Å². The lowest BCUT2D eigenvalue weighted by atomic mass is 10.1. The lowest BCUT2D eigenvalue weighted by molar-refractivity contribution is -0.0500. The lowest BCUT2D eigenvalue weighted by Gasteiger charge is -2.12. The van der Waals surface area contributed by atoms with Gasteiger partial charge in [-0.3, -0.25) is 4.79 Å². The van der Waals surface area contributed by atoms with Gasteiger partial charge in [-0.15, -0.1) is 0 Å². The molecular formula is C9H6ClF3O4S. The number of para-hydroxylation sites is 1. The molecule has 1 rings (SSSR count). The summed E-state index contributed by atoms with van der Waals surface area (Å²) in [6, 6.07) is 3.50. The summed E-state index contributed by atoms with van der Waals surface area (Å²) in [5.41, 5.74) is -5.95. The van der Waals surface area contributed by atoms with Crippen LogP contribution in [0.15, 0.2) is 18.2 Å². The summed E-state index contributed by atoms with van der Waals surface area (Å²) in [6.45, 7) is 1.04. The largest absolute Gasteiger partial charge is 0.534 e. The minimum absolute atomic E-state index is 0.352. The van der Waals surface area contributed by atoms with Crippen molar-refractivity contribution in [1.82, 2.24) is 0 Å². The van der Waals surface area contributed by atoms with Gasteiger partial charge in [0.25, 0.3) is 0 Å². The molecule has 100 valence electrons. The van der Waals surface area contributed by atoms with E-state index in [0.717, 1.165) is 19.1 Å². The first-order chi connectivity index (χ1) is 8.06. The zero-order chi connectivity index (χ0) is 14.1. The van der Waals surface area contributed by atoms with Gasteiger partial charge in [0.15, 0.2) is 11.5 Å². The third-order valence-corrected chi connectivity index (χ3v) is 3.07. The van der Waals surface area contributed by atoms with Crippen LogP contribution >= 0.6 is 11.6 Å². The van der Waals surface area contributed by atoms with Gasteiger partial charge in [-0.25, -0.2) is 0 Å². The quantitative estimate of drug-likeness (QED) is 0.489. The lowest BCUT2D eigenvalue weighted by Crippen LogP contribution is -2.28. The van der Waals surface area contributed by atoms with Crippen molar-refractivity contribution in [1.29, 1.82) is 0 Å². The van der Waals surface area contributed by atoms with Gasteiger partial charge in [0.2, 0.25) is 0 Å². The van der Waals surface area contributed by atoms with Crippen LogP contribution in [0.3, 0.4) is 0 Å². The van der Waals surface area contributed by atoms with Gasteiger partial charge < -0.3 is 4.18 Å². The minimum atomic E-state index is -5.87. The zero-order valence-corrected chi connectivity index (χ0v) is 10.4. The second-order valence-electron chi connectivity index (χ2n) is 3.16. The Morgan fingerprint density at radius 2 is 1.89 bits per heavy atom. The van der Waals surface area contributed by atoms with E-state index in [1.807, 2.05) is 0 Å². The number of alkyl halides is 3. The van der Waals surface area contributed by atoms with E-state index in [4.69, 9.17) is 11.6 Å². The summed E-state index contributed by atoms with van der Waals surface area (Å²) in [5, 5.41) is -0.407. The molecule has 0 heterocycles. The Bertz CT molecular complexity index is 580. The fraction of sp³-hybridized carbons (Fsp3) is 0.222. The average molecular weight is 303 g/mol. The van der Waals surface area contributed by atoms with E-state index in [9.17, 15) is 26.4 Å². The second kappa shape index (κ2) is 4.77. The monoisotopic (exact) mass is 302 g/mol. The standard InChI is InChI=1S/C9H6ClF3O4S/c1-5(14)6-3-2-4-7(10)8(6)17-18(15,16)9(11,12)13/h2-4H,1H3. The Balaban J connectivity index is 3.33. The Hall–Kier alpha value is -1.28. The van der Waals surface area contributed by atoms with Gasteiger partial charge in [-0.05, 0) is 19.1 Å². The van der Waals surface area contributed by atoms with Crippen molar-refractivity contribution in [2.75, 3.05) is 0 Å². The van der Waals surface area contributed by atoms with Crippen molar-refractivity contribution in [3.8, 4) is 5.75 Å². The first-order valence-corrected chi connectivity index (χ1v) is 6.15. The van der Waals surface area contributed by atoms with Gasteiger partial charge in [-0.2, -0.15) is 21.6 Å². The van der Waals surface area contributed by atoms with Crippen LogP contribution in [0.4, 0.5) is 13.2 Å². The van der Waals surface area contributed by atoms with Gasteiger partial charge in [0.1, 0.15) is 0 Å². The summed E-state index contributed by atoms with van der Waals surface area (Å²) in [4.78, 5) is 11.1. The second-order valence-corrected chi connectivity index (χ2v) is 5.10. The van der Waals surface area contributed by atoms with Crippen molar-refractivity contribution >= 4 is 27.5 Å². The van der Waals surface area contributed by atoms with E-state index in [1.54, 1.807) is 0 Å². The molecule has 0 aliphatic carbocycles. The third-order valence-electron chi connectivity index (χ3n) is 1.82. The number of ketones is 1. The molecule has 0 atom stereocenters.